The molecule has 0 saturated carbocycles. The lowest BCUT2D eigenvalue weighted by Crippen LogP contribution is -2.25. The standard InChI is InChI=1S/C10H14.C9H13NO.2C9H13N/c1-10(2,3)9-7-5-4-6-8-9;1-9(2,3)8-4-6-10(11)7-5-8;1-9(2,3)8-4-6-10-7-5-8;1-9(2,3)8-5-4-6-10-7-8/h4-8H,1-3H3;4-7H,1-3H3;2*4-7H,1-3H3. The maximum absolute atomic E-state index is 10.7. The van der Waals surface area contributed by atoms with Crippen LogP contribution in [0.3, 0.4) is 0 Å². The maximum atomic E-state index is 10.7. The van der Waals surface area contributed by atoms with Crippen molar-refractivity contribution < 1.29 is 4.73 Å². The van der Waals surface area contributed by atoms with Gasteiger partial charge in [-0.1, -0.05) is 119 Å². The van der Waals surface area contributed by atoms with Crippen molar-refractivity contribution >= 4 is 0 Å². The zero-order valence-electron chi connectivity index (χ0n) is 27.6. The van der Waals surface area contributed by atoms with Gasteiger partial charge in [0.15, 0.2) is 12.4 Å². The van der Waals surface area contributed by atoms with E-state index in [0.29, 0.717) is 5.41 Å². The summed E-state index contributed by atoms with van der Waals surface area (Å²) in [5.74, 6) is 0. The molecule has 0 radical (unpaired) electrons. The lowest BCUT2D eigenvalue weighted by molar-refractivity contribution is -0.605. The SMILES string of the molecule is CC(C)(C)c1cc[n+]([O-])cc1.CC(C)(C)c1ccccc1.CC(C)(C)c1cccnc1.CC(C)(C)c1ccncc1. The lowest BCUT2D eigenvalue weighted by atomic mass is 9.87. The molecule has 0 aliphatic carbocycles. The fourth-order valence-corrected chi connectivity index (χ4v) is 3.51. The van der Waals surface area contributed by atoms with Crippen LogP contribution >= 0.6 is 0 Å². The van der Waals surface area contributed by atoms with Gasteiger partial charge in [-0.25, -0.2) is 0 Å². The number of benzene rings is 1. The number of hydrogen-bond acceptors (Lipinski definition) is 3. The van der Waals surface area contributed by atoms with Crippen LogP contribution in [0.15, 0.2) is 104 Å². The molecule has 0 unspecified atom stereocenters. The van der Waals surface area contributed by atoms with E-state index in [9.17, 15) is 5.21 Å². The van der Waals surface area contributed by atoms with Crippen molar-refractivity contribution in [3.8, 4) is 0 Å². The quantitative estimate of drug-likeness (QED) is 0.160. The monoisotopic (exact) mass is 555 g/mol. The van der Waals surface area contributed by atoms with Crippen molar-refractivity contribution in [1.82, 2.24) is 9.97 Å². The van der Waals surface area contributed by atoms with E-state index in [1.807, 2.05) is 36.8 Å². The molecule has 3 aromatic heterocycles. The van der Waals surface area contributed by atoms with Gasteiger partial charge in [-0.2, -0.15) is 4.73 Å². The molecule has 0 N–H and O–H groups in total. The van der Waals surface area contributed by atoms with Crippen LogP contribution in [0.25, 0.3) is 0 Å². The molecule has 41 heavy (non-hydrogen) atoms. The summed E-state index contributed by atoms with van der Waals surface area (Å²) in [6.07, 6.45) is 10.4. The molecule has 0 saturated heterocycles. The first-order valence-corrected chi connectivity index (χ1v) is 14.4. The average molecular weight is 556 g/mol. The third-order valence-corrected chi connectivity index (χ3v) is 6.38. The molecule has 4 aromatic rings. The van der Waals surface area contributed by atoms with Gasteiger partial charge in [0.25, 0.3) is 0 Å². The Morgan fingerprint density at radius 1 is 0.439 bits per heavy atom. The average Bonchev–Trinajstić information content (AvgIpc) is 2.90. The van der Waals surface area contributed by atoms with Crippen LogP contribution in [0.4, 0.5) is 0 Å². The molecule has 0 aliphatic rings. The van der Waals surface area contributed by atoms with Gasteiger partial charge in [-0.3, -0.25) is 9.97 Å². The zero-order chi connectivity index (χ0) is 31.3. The Morgan fingerprint density at radius 2 is 0.829 bits per heavy atom. The van der Waals surface area contributed by atoms with Gasteiger partial charge in [0.05, 0.1) is 0 Å². The van der Waals surface area contributed by atoms with Crippen molar-refractivity contribution in [2.24, 2.45) is 0 Å². The Labute approximate surface area is 250 Å². The molecule has 4 nitrogen and oxygen atoms in total. The molecule has 0 amide bonds. The molecule has 0 aliphatic heterocycles. The van der Waals surface area contributed by atoms with E-state index in [2.05, 4.69) is 142 Å². The smallest absolute Gasteiger partial charge is 0.180 e. The summed E-state index contributed by atoms with van der Waals surface area (Å²) in [7, 11) is 0. The molecule has 222 valence electrons. The Bertz CT molecular complexity index is 1110. The van der Waals surface area contributed by atoms with E-state index >= 15 is 0 Å². The number of hydrogen-bond donors (Lipinski definition) is 0. The van der Waals surface area contributed by atoms with E-state index in [4.69, 9.17) is 0 Å². The van der Waals surface area contributed by atoms with E-state index in [1.165, 1.54) is 34.6 Å². The second-order valence-electron chi connectivity index (χ2n) is 14.3. The van der Waals surface area contributed by atoms with Crippen LogP contribution in [-0.2, 0) is 21.7 Å². The number of pyridine rings is 3. The fraction of sp³-hybridized carbons (Fsp3) is 0.432. The topological polar surface area (TPSA) is 52.7 Å². The summed E-state index contributed by atoms with van der Waals surface area (Å²) in [6, 6.07) is 22.4. The molecule has 1 aromatic carbocycles. The molecule has 0 bridgehead atoms. The highest BCUT2D eigenvalue weighted by Crippen LogP contribution is 2.22. The van der Waals surface area contributed by atoms with Crippen molar-refractivity contribution in [3.63, 3.8) is 0 Å². The van der Waals surface area contributed by atoms with Gasteiger partial charge in [0.1, 0.15) is 0 Å². The molecule has 0 spiro atoms. The van der Waals surface area contributed by atoms with Crippen molar-refractivity contribution in [1.29, 1.82) is 0 Å². The summed E-state index contributed by atoms with van der Waals surface area (Å²) in [5.41, 5.74) is 6.12. The van der Waals surface area contributed by atoms with Crippen LogP contribution in [0.2, 0.25) is 0 Å². The summed E-state index contributed by atoms with van der Waals surface area (Å²) in [6.45, 7) is 26.2. The highest BCUT2D eigenvalue weighted by Gasteiger charge is 2.14. The minimum atomic E-state index is 0.133. The predicted molar refractivity (Wildman–Crippen MR) is 175 cm³/mol. The first kappa shape index (κ1) is 35.5. The Morgan fingerprint density at radius 3 is 1.15 bits per heavy atom. The van der Waals surface area contributed by atoms with Gasteiger partial charge < -0.3 is 5.21 Å². The second kappa shape index (κ2) is 15.5. The number of nitrogens with zero attached hydrogens (tertiary/aromatic N) is 3. The van der Waals surface area contributed by atoms with Crippen LogP contribution < -0.4 is 4.73 Å². The first-order valence-electron chi connectivity index (χ1n) is 14.4. The molecular weight excluding hydrogens is 502 g/mol. The van der Waals surface area contributed by atoms with Gasteiger partial charge in [0, 0.05) is 36.9 Å². The van der Waals surface area contributed by atoms with E-state index in [0.717, 1.165) is 4.73 Å². The Hall–Kier alpha value is -3.53. The highest BCUT2D eigenvalue weighted by molar-refractivity contribution is 5.22. The third kappa shape index (κ3) is 14.6. The first-order chi connectivity index (χ1) is 18.8. The van der Waals surface area contributed by atoms with Crippen molar-refractivity contribution in [3.05, 3.63) is 131 Å². The molecule has 4 rings (SSSR count). The Balaban J connectivity index is 0.000000274. The molecule has 0 atom stereocenters. The molecule has 3 heterocycles. The van der Waals surface area contributed by atoms with Crippen LogP contribution in [0, 0.1) is 5.21 Å². The van der Waals surface area contributed by atoms with Gasteiger partial charge in [-0.15, -0.1) is 0 Å². The number of rotatable bonds is 0. The highest BCUT2D eigenvalue weighted by atomic mass is 16.5. The maximum Gasteiger partial charge on any atom is 0.180 e. The molecule has 0 fully saturated rings. The summed E-state index contributed by atoms with van der Waals surface area (Å²) < 4.78 is 0.801. The summed E-state index contributed by atoms with van der Waals surface area (Å²) >= 11 is 0. The normalized spacial score (nSPS) is 11.5. The van der Waals surface area contributed by atoms with Gasteiger partial charge in [-0.05, 0) is 62.1 Å². The van der Waals surface area contributed by atoms with Crippen molar-refractivity contribution in [2.45, 2.75) is 105 Å². The van der Waals surface area contributed by atoms with Gasteiger partial charge in [0.2, 0.25) is 0 Å². The zero-order valence-corrected chi connectivity index (χ0v) is 27.6. The summed E-state index contributed by atoms with van der Waals surface area (Å²) in [5, 5.41) is 10.7. The largest absolute Gasteiger partial charge is 0.619 e. The minimum absolute atomic E-state index is 0.133. The Kier molecular flexibility index (Phi) is 13.4. The van der Waals surface area contributed by atoms with E-state index < -0.39 is 0 Å². The van der Waals surface area contributed by atoms with Crippen molar-refractivity contribution in [2.75, 3.05) is 0 Å². The van der Waals surface area contributed by atoms with Crippen LogP contribution in [0.1, 0.15) is 105 Å². The minimum Gasteiger partial charge on any atom is -0.619 e. The van der Waals surface area contributed by atoms with Crippen LogP contribution in [0.5, 0.6) is 0 Å². The summed E-state index contributed by atoms with van der Waals surface area (Å²) in [4.78, 5) is 8.01. The third-order valence-electron chi connectivity index (χ3n) is 6.38. The molecular formula is C37H53N3O. The predicted octanol–water partition coefficient (Wildman–Crippen LogP) is 9.36. The van der Waals surface area contributed by atoms with E-state index in [-0.39, 0.29) is 16.2 Å². The van der Waals surface area contributed by atoms with Gasteiger partial charge >= 0.3 is 0 Å². The lowest BCUT2D eigenvalue weighted by Gasteiger charge is -2.18. The second-order valence-corrected chi connectivity index (χ2v) is 14.3. The number of aromatic nitrogens is 3. The van der Waals surface area contributed by atoms with E-state index in [1.54, 1.807) is 6.20 Å². The van der Waals surface area contributed by atoms with Crippen LogP contribution in [-0.4, -0.2) is 9.97 Å². The molecule has 4 heteroatoms. The fourth-order valence-electron chi connectivity index (χ4n) is 3.51.